The zero-order valence-corrected chi connectivity index (χ0v) is 15.9. The van der Waals surface area contributed by atoms with Gasteiger partial charge < -0.3 is 0 Å². The Kier molecular flexibility index (Phi) is 3.90. The highest BCUT2D eigenvalue weighted by molar-refractivity contribution is 7.10. The molecule has 2 aliphatic heterocycles. The third-order valence-electron chi connectivity index (χ3n) is 6.42. The Hall–Kier alpha value is -1.73. The topological polar surface area (TPSA) is 60.1 Å². The van der Waals surface area contributed by atoms with Crippen molar-refractivity contribution in [3.8, 4) is 0 Å². The molecule has 138 valence electrons. The van der Waals surface area contributed by atoms with Gasteiger partial charge in [0.05, 0.1) is 0 Å². The minimum Gasteiger partial charge on any atom is -0.297 e. The van der Waals surface area contributed by atoms with E-state index in [-0.39, 0.29) is 11.5 Å². The summed E-state index contributed by atoms with van der Waals surface area (Å²) in [5.41, 5.74) is 0.548. The van der Waals surface area contributed by atoms with E-state index in [0.29, 0.717) is 24.9 Å². The van der Waals surface area contributed by atoms with Crippen LogP contribution >= 0.6 is 11.3 Å². The van der Waals surface area contributed by atoms with Gasteiger partial charge in [0.25, 0.3) is 0 Å². The van der Waals surface area contributed by atoms with E-state index in [1.54, 1.807) is 4.57 Å². The lowest BCUT2D eigenvalue weighted by atomic mass is 9.85. The van der Waals surface area contributed by atoms with Gasteiger partial charge in [0, 0.05) is 49.4 Å². The Labute approximate surface area is 156 Å². The molecule has 1 saturated heterocycles. The first-order chi connectivity index (χ1) is 12.6. The van der Waals surface area contributed by atoms with Gasteiger partial charge in [0.1, 0.15) is 5.82 Å². The lowest BCUT2D eigenvalue weighted by Gasteiger charge is -2.25. The van der Waals surface area contributed by atoms with Gasteiger partial charge in [-0.15, -0.1) is 11.3 Å². The summed E-state index contributed by atoms with van der Waals surface area (Å²) in [6.07, 6.45) is 3.52. The Morgan fingerprint density at radius 2 is 2.04 bits per heavy atom. The molecule has 0 spiro atoms. The highest BCUT2D eigenvalue weighted by Gasteiger charge is 2.42. The van der Waals surface area contributed by atoms with Crippen LogP contribution in [0.5, 0.6) is 0 Å². The molecule has 6 nitrogen and oxygen atoms in total. The van der Waals surface area contributed by atoms with Crippen molar-refractivity contribution in [3.63, 3.8) is 0 Å². The van der Waals surface area contributed by atoms with Gasteiger partial charge in [-0.2, -0.15) is 5.10 Å². The highest BCUT2D eigenvalue weighted by atomic mass is 32.1. The Balaban J connectivity index is 1.40. The van der Waals surface area contributed by atoms with Crippen LogP contribution in [0.4, 0.5) is 0 Å². The summed E-state index contributed by atoms with van der Waals surface area (Å²) in [5, 5.41) is 6.82. The number of likely N-dealkylation sites (tertiary alicyclic amines) is 1. The summed E-state index contributed by atoms with van der Waals surface area (Å²) in [4.78, 5) is 28.9. The lowest BCUT2D eigenvalue weighted by molar-refractivity contribution is 0.256. The largest absolute Gasteiger partial charge is 0.332 e. The summed E-state index contributed by atoms with van der Waals surface area (Å²) in [7, 11) is 0. The van der Waals surface area contributed by atoms with Crippen LogP contribution in [0, 0.1) is 18.8 Å². The van der Waals surface area contributed by atoms with Gasteiger partial charge in [0.15, 0.2) is 0 Å². The van der Waals surface area contributed by atoms with E-state index in [0.717, 1.165) is 38.3 Å². The molecule has 2 aromatic heterocycles. The maximum atomic E-state index is 12.6. The highest BCUT2D eigenvalue weighted by Crippen LogP contribution is 2.38. The minimum atomic E-state index is -0.438. The predicted octanol–water partition coefficient (Wildman–Crippen LogP) is 1.80. The van der Waals surface area contributed by atoms with Gasteiger partial charge in [0.2, 0.25) is 0 Å². The Morgan fingerprint density at radius 3 is 2.73 bits per heavy atom. The second kappa shape index (κ2) is 6.16. The van der Waals surface area contributed by atoms with E-state index in [1.807, 2.05) is 11.3 Å². The molecule has 1 aliphatic carbocycles. The number of nitrogens with zero attached hydrogens (tertiary/aromatic N) is 4. The number of aryl methyl sites for hydroxylation is 1. The van der Waals surface area contributed by atoms with Crippen molar-refractivity contribution >= 4 is 11.3 Å². The van der Waals surface area contributed by atoms with Crippen LogP contribution in [0.3, 0.4) is 0 Å². The number of hydrogen-bond acceptors (Lipinski definition) is 5. The maximum absolute atomic E-state index is 12.6. The SMILES string of the molecule is Cc1ccsc1CN1C[C@@H]2Cn3c(nn(CC4CCC4)c(=O)c3=O)[C@H]2C1. The van der Waals surface area contributed by atoms with Crippen LogP contribution in [0.15, 0.2) is 21.0 Å². The fourth-order valence-corrected chi connectivity index (χ4v) is 5.57. The number of hydrogen-bond donors (Lipinski definition) is 0. The molecule has 7 heteroatoms. The molecule has 0 bridgehead atoms. The van der Waals surface area contributed by atoms with Crippen LogP contribution in [0.25, 0.3) is 0 Å². The van der Waals surface area contributed by atoms with E-state index < -0.39 is 5.56 Å². The van der Waals surface area contributed by atoms with Gasteiger partial charge in [-0.1, -0.05) is 6.42 Å². The number of thiophene rings is 1. The first-order valence-corrected chi connectivity index (χ1v) is 10.5. The van der Waals surface area contributed by atoms with Crippen molar-refractivity contribution in [2.24, 2.45) is 11.8 Å². The molecular formula is C19H24N4O2S. The molecule has 2 aromatic rings. The van der Waals surface area contributed by atoms with Crippen LogP contribution in [-0.2, 0) is 19.6 Å². The Bertz CT molecular complexity index is 955. The lowest BCUT2D eigenvalue weighted by Crippen LogP contribution is -2.45. The van der Waals surface area contributed by atoms with Crippen molar-refractivity contribution in [2.75, 3.05) is 13.1 Å². The van der Waals surface area contributed by atoms with Crippen molar-refractivity contribution in [3.05, 3.63) is 48.4 Å². The van der Waals surface area contributed by atoms with Crippen molar-refractivity contribution in [1.82, 2.24) is 19.2 Å². The van der Waals surface area contributed by atoms with Gasteiger partial charge >= 0.3 is 11.1 Å². The summed E-state index contributed by atoms with van der Waals surface area (Å²) in [5.74, 6) is 2.02. The van der Waals surface area contributed by atoms with Crippen LogP contribution < -0.4 is 11.1 Å². The molecule has 26 heavy (non-hydrogen) atoms. The molecule has 0 radical (unpaired) electrons. The molecule has 3 aliphatic rings. The monoisotopic (exact) mass is 372 g/mol. The van der Waals surface area contributed by atoms with Crippen molar-refractivity contribution in [1.29, 1.82) is 0 Å². The number of aromatic nitrogens is 3. The summed E-state index contributed by atoms with van der Waals surface area (Å²) >= 11 is 1.81. The van der Waals surface area contributed by atoms with Crippen molar-refractivity contribution < 1.29 is 0 Å². The molecule has 4 heterocycles. The maximum Gasteiger partial charge on any atom is 0.332 e. The van der Waals surface area contributed by atoms with E-state index in [1.165, 1.54) is 21.5 Å². The summed E-state index contributed by atoms with van der Waals surface area (Å²) in [6.45, 7) is 6.29. The van der Waals surface area contributed by atoms with Crippen LogP contribution in [-0.4, -0.2) is 32.3 Å². The van der Waals surface area contributed by atoms with Gasteiger partial charge in [-0.05, 0) is 42.7 Å². The fourth-order valence-electron chi connectivity index (χ4n) is 4.62. The average molecular weight is 372 g/mol. The van der Waals surface area contributed by atoms with E-state index in [9.17, 15) is 9.59 Å². The standard InChI is InChI=1S/C19H24N4O2S/c1-12-5-6-26-16(12)11-21-8-14-9-22-17(15(14)10-21)20-23(19(25)18(22)24)7-13-3-2-4-13/h5-6,13-15H,2-4,7-11H2,1H3/t14-,15+/m1/s1. The summed E-state index contributed by atoms with van der Waals surface area (Å²) in [6, 6.07) is 2.17. The zero-order chi connectivity index (χ0) is 17.8. The van der Waals surface area contributed by atoms with E-state index in [2.05, 4.69) is 28.4 Å². The van der Waals surface area contributed by atoms with E-state index >= 15 is 0 Å². The minimum absolute atomic E-state index is 0.274. The fraction of sp³-hybridized carbons (Fsp3) is 0.632. The molecule has 0 amide bonds. The molecule has 5 rings (SSSR count). The second-order valence-electron chi connectivity index (χ2n) is 8.15. The first kappa shape index (κ1) is 16.4. The molecule has 2 atom stereocenters. The molecule has 2 fully saturated rings. The second-order valence-corrected chi connectivity index (χ2v) is 9.15. The molecule has 1 saturated carbocycles. The number of rotatable bonds is 4. The predicted molar refractivity (Wildman–Crippen MR) is 101 cm³/mol. The molecule has 0 N–H and O–H groups in total. The van der Waals surface area contributed by atoms with Crippen LogP contribution in [0.2, 0.25) is 0 Å². The van der Waals surface area contributed by atoms with Gasteiger partial charge in [-0.25, -0.2) is 4.68 Å². The quantitative estimate of drug-likeness (QED) is 0.768. The third kappa shape index (κ3) is 2.60. The third-order valence-corrected chi connectivity index (χ3v) is 7.43. The zero-order valence-electron chi connectivity index (χ0n) is 15.1. The summed E-state index contributed by atoms with van der Waals surface area (Å²) < 4.78 is 3.12. The molecular weight excluding hydrogens is 348 g/mol. The average Bonchev–Trinajstić information content (AvgIpc) is 3.24. The smallest absolute Gasteiger partial charge is 0.297 e. The van der Waals surface area contributed by atoms with Gasteiger partial charge in [-0.3, -0.25) is 19.1 Å². The van der Waals surface area contributed by atoms with E-state index in [4.69, 9.17) is 0 Å². The number of fused-ring (bicyclic) bond motifs is 3. The molecule has 0 unspecified atom stereocenters. The normalized spacial score (nSPS) is 25.3. The van der Waals surface area contributed by atoms with Crippen LogP contribution in [0.1, 0.15) is 41.4 Å². The first-order valence-electron chi connectivity index (χ1n) is 9.57. The molecule has 0 aromatic carbocycles. The van der Waals surface area contributed by atoms with Crippen molar-refractivity contribution in [2.45, 2.75) is 51.7 Å². The Morgan fingerprint density at radius 1 is 1.19 bits per heavy atom.